The van der Waals surface area contributed by atoms with Crippen molar-refractivity contribution in [1.82, 2.24) is 9.38 Å². The largest absolute Gasteiger partial charge is 0.496 e. The van der Waals surface area contributed by atoms with E-state index in [9.17, 15) is 4.79 Å². The summed E-state index contributed by atoms with van der Waals surface area (Å²) in [4.78, 5) is 16.1. The molecule has 0 saturated carbocycles. The van der Waals surface area contributed by atoms with Gasteiger partial charge in [0.2, 0.25) is 0 Å². The molecule has 0 saturated heterocycles. The van der Waals surface area contributed by atoms with Crippen molar-refractivity contribution in [2.45, 2.75) is 6.42 Å². The topological polar surface area (TPSA) is 52.8 Å². The van der Waals surface area contributed by atoms with Crippen LogP contribution in [0.15, 0.2) is 48.8 Å². The molecule has 0 unspecified atom stereocenters. The summed E-state index contributed by atoms with van der Waals surface area (Å²) in [5.41, 5.74) is 3.19. The van der Waals surface area contributed by atoms with Crippen LogP contribution < -0.4 is 4.74 Å². The predicted octanol–water partition coefficient (Wildman–Crippen LogP) is 2.72. The van der Waals surface area contributed by atoms with Gasteiger partial charge in [0.15, 0.2) is 0 Å². The Bertz CT molecular complexity index is 824. The average molecular weight is 296 g/mol. The summed E-state index contributed by atoms with van der Waals surface area (Å²) in [7, 11) is 3.02. The molecule has 0 fully saturated rings. The molecule has 22 heavy (non-hydrogen) atoms. The van der Waals surface area contributed by atoms with Gasteiger partial charge in [0, 0.05) is 24.4 Å². The van der Waals surface area contributed by atoms with E-state index < -0.39 is 0 Å². The number of nitrogens with zero attached hydrogens (tertiary/aromatic N) is 2. The minimum Gasteiger partial charge on any atom is -0.496 e. The van der Waals surface area contributed by atoms with E-state index in [1.54, 1.807) is 25.4 Å². The van der Waals surface area contributed by atoms with Crippen molar-refractivity contribution in [2.75, 3.05) is 14.2 Å². The molecule has 0 radical (unpaired) electrons. The zero-order valence-corrected chi connectivity index (χ0v) is 12.4. The van der Waals surface area contributed by atoms with Crippen molar-refractivity contribution in [2.24, 2.45) is 0 Å². The van der Waals surface area contributed by atoms with Crippen LogP contribution in [0.3, 0.4) is 0 Å². The molecule has 112 valence electrons. The molecule has 2 heterocycles. The van der Waals surface area contributed by atoms with Gasteiger partial charge in [0.25, 0.3) is 0 Å². The van der Waals surface area contributed by atoms with Crippen molar-refractivity contribution in [3.63, 3.8) is 0 Å². The molecule has 5 heteroatoms. The normalized spacial score (nSPS) is 10.6. The van der Waals surface area contributed by atoms with E-state index >= 15 is 0 Å². The molecule has 0 aliphatic rings. The van der Waals surface area contributed by atoms with Gasteiger partial charge in [-0.1, -0.05) is 18.2 Å². The standard InChI is InChI=1S/C17H16N2O3/c1-21-15-6-4-3-5-12(15)9-14-11-19-8-7-13(17(20)22-2)10-16(19)18-14/h3-8,10-11H,9H2,1-2H3. The monoisotopic (exact) mass is 296 g/mol. The van der Waals surface area contributed by atoms with Crippen molar-refractivity contribution < 1.29 is 14.3 Å². The summed E-state index contributed by atoms with van der Waals surface area (Å²) >= 11 is 0. The Hall–Kier alpha value is -2.82. The Kier molecular flexibility index (Phi) is 3.78. The lowest BCUT2D eigenvalue weighted by Crippen LogP contribution is -2.01. The molecule has 3 rings (SSSR count). The number of methoxy groups -OCH3 is 2. The van der Waals surface area contributed by atoms with E-state index in [0.717, 1.165) is 17.0 Å². The molecule has 0 aliphatic carbocycles. The third-order valence-corrected chi connectivity index (χ3v) is 3.50. The Morgan fingerprint density at radius 1 is 1.23 bits per heavy atom. The Morgan fingerprint density at radius 2 is 2.05 bits per heavy atom. The van der Waals surface area contributed by atoms with Gasteiger partial charge in [0.05, 0.1) is 25.5 Å². The third-order valence-electron chi connectivity index (χ3n) is 3.50. The van der Waals surface area contributed by atoms with Gasteiger partial charge in [-0.3, -0.25) is 0 Å². The number of imidazole rings is 1. The molecule has 0 amide bonds. The van der Waals surface area contributed by atoms with Gasteiger partial charge in [0.1, 0.15) is 11.4 Å². The highest BCUT2D eigenvalue weighted by atomic mass is 16.5. The van der Waals surface area contributed by atoms with E-state index in [-0.39, 0.29) is 5.97 Å². The summed E-state index contributed by atoms with van der Waals surface area (Å²) in [6.07, 6.45) is 4.42. The maximum Gasteiger partial charge on any atom is 0.338 e. The first-order chi connectivity index (χ1) is 10.7. The van der Waals surface area contributed by atoms with E-state index in [1.807, 2.05) is 34.9 Å². The van der Waals surface area contributed by atoms with Crippen LogP contribution in [0.5, 0.6) is 5.75 Å². The first-order valence-corrected chi connectivity index (χ1v) is 6.89. The predicted molar refractivity (Wildman–Crippen MR) is 82.3 cm³/mol. The number of esters is 1. The Labute approximate surface area is 128 Å². The molecule has 0 N–H and O–H groups in total. The van der Waals surface area contributed by atoms with Crippen LogP contribution in [-0.2, 0) is 11.2 Å². The Balaban J connectivity index is 1.93. The second kappa shape index (κ2) is 5.89. The maximum atomic E-state index is 11.6. The highest BCUT2D eigenvalue weighted by Crippen LogP contribution is 2.21. The fraction of sp³-hybridized carbons (Fsp3) is 0.176. The van der Waals surface area contributed by atoms with Crippen molar-refractivity contribution in [3.8, 4) is 5.75 Å². The third kappa shape index (κ3) is 2.65. The molecule has 2 aromatic heterocycles. The number of fused-ring (bicyclic) bond motifs is 1. The minimum atomic E-state index is -0.364. The van der Waals surface area contributed by atoms with Crippen LogP contribution in [0.1, 0.15) is 21.6 Å². The van der Waals surface area contributed by atoms with Crippen LogP contribution in [0.25, 0.3) is 5.65 Å². The molecule has 3 aromatic rings. The summed E-state index contributed by atoms with van der Waals surface area (Å²) in [6, 6.07) is 11.3. The number of carbonyl (C=O) groups is 1. The van der Waals surface area contributed by atoms with Gasteiger partial charge in [-0.25, -0.2) is 9.78 Å². The first kappa shape index (κ1) is 14.1. The van der Waals surface area contributed by atoms with Crippen LogP contribution in [0.2, 0.25) is 0 Å². The van der Waals surface area contributed by atoms with E-state index in [2.05, 4.69) is 4.98 Å². The van der Waals surface area contributed by atoms with Crippen molar-refractivity contribution >= 4 is 11.6 Å². The molecular weight excluding hydrogens is 280 g/mol. The number of rotatable bonds is 4. The Morgan fingerprint density at radius 3 is 2.82 bits per heavy atom. The average Bonchev–Trinajstić information content (AvgIpc) is 2.95. The number of aromatic nitrogens is 2. The summed E-state index contributed by atoms with van der Waals surface area (Å²) in [6.45, 7) is 0. The van der Waals surface area contributed by atoms with Crippen LogP contribution >= 0.6 is 0 Å². The lowest BCUT2D eigenvalue weighted by Gasteiger charge is -2.05. The maximum absolute atomic E-state index is 11.6. The number of hydrogen-bond acceptors (Lipinski definition) is 4. The SMILES string of the molecule is COC(=O)c1ccn2cc(Cc3ccccc3OC)nc2c1. The molecular formula is C17H16N2O3. The zero-order chi connectivity index (χ0) is 15.5. The van der Waals surface area contributed by atoms with Gasteiger partial charge in [-0.2, -0.15) is 0 Å². The van der Waals surface area contributed by atoms with E-state index in [0.29, 0.717) is 17.6 Å². The summed E-state index contributed by atoms with van der Waals surface area (Å²) in [5, 5.41) is 0. The lowest BCUT2D eigenvalue weighted by atomic mass is 10.1. The number of pyridine rings is 1. The lowest BCUT2D eigenvalue weighted by molar-refractivity contribution is 0.0600. The van der Waals surface area contributed by atoms with Gasteiger partial charge < -0.3 is 13.9 Å². The number of para-hydroxylation sites is 1. The molecule has 5 nitrogen and oxygen atoms in total. The van der Waals surface area contributed by atoms with Gasteiger partial charge in [-0.15, -0.1) is 0 Å². The van der Waals surface area contributed by atoms with Crippen LogP contribution in [0, 0.1) is 0 Å². The van der Waals surface area contributed by atoms with Crippen LogP contribution in [0.4, 0.5) is 0 Å². The van der Waals surface area contributed by atoms with Crippen molar-refractivity contribution in [3.05, 3.63) is 65.6 Å². The second-order valence-corrected chi connectivity index (χ2v) is 4.89. The van der Waals surface area contributed by atoms with Gasteiger partial charge in [-0.05, 0) is 18.2 Å². The molecule has 0 spiro atoms. The summed E-state index contributed by atoms with van der Waals surface area (Å²) < 4.78 is 12.0. The zero-order valence-electron chi connectivity index (χ0n) is 12.4. The van der Waals surface area contributed by atoms with E-state index in [1.165, 1.54) is 7.11 Å². The molecule has 0 aliphatic heterocycles. The summed E-state index contributed by atoms with van der Waals surface area (Å²) in [5.74, 6) is 0.478. The van der Waals surface area contributed by atoms with Gasteiger partial charge >= 0.3 is 5.97 Å². The molecule has 0 bridgehead atoms. The minimum absolute atomic E-state index is 0.364. The molecule has 0 atom stereocenters. The molecule has 1 aromatic carbocycles. The fourth-order valence-corrected chi connectivity index (χ4v) is 2.41. The fourth-order valence-electron chi connectivity index (χ4n) is 2.41. The number of hydrogen-bond donors (Lipinski definition) is 0. The first-order valence-electron chi connectivity index (χ1n) is 6.89. The van der Waals surface area contributed by atoms with Crippen molar-refractivity contribution in [1.29, 1.82) is 0 Å². The van der Waals surface area contributed by atoms with E-state index in [4.69, 9.17) is 9.47 Å². The number of carbonyl (C=O) groups excluding carboxylic acids is 1. The smallest absolute Gasteiger partial charge is 0.338 e. The highest BCUT2D eigenvalue weighted by Gasteiger charge is 2.10. The number of benzene rings is 1. The highest BCUT2D eigenvalue weighted by molar-refractivity contribution is 5.90. The van der Waals surface area contributed by atoms with Crippen LogP contribution in [-0.4, -0.2) is 29.6 Å². The number of ether oxygens (including phenoxy) is 2. The quantitative estimate of drug-likeness (QED) is 0.695. The second-order valence-electron chi connectivity index (χ2n) is 4.89.